The maximum atomic E-state index is 12.7. The minimum absolute atomic E-state index is 0.0761. The predicted molar refractivity (Wildman–Crippen MR) is 63.1 cm³/mol. The summed E-state index contributed by atoms with van der Waals surface area (Å²) in [5.41, 5.74) is -0.343. The average Bonchev–Trinajstić information content (AvgIpc) is 2.69. The minimum atomic E-state index is -2.88. The summed E-state index contributed by atoms with van der Waals surface area (Å²) in [7, 11) is 0. The van der Waals surface area contributed by atoms with E-state index in [0.717, 1.165) is 4.68 Å². The molecule has 1 aromatic carbocycles. The van der Waals surface area contributed by atoms with Gasteiger partial charge in [-0.25, -0.2) is 17.9 Å². The Kier molecular flexibility index (Phi) is 3.90. The first-order valence-corrected chi connectivity index (χ1v) is 5.64. The normalized spacial score (nSPS) is 11.0. The highest BCUT2D eigenvalue weighted by molar-refractivity contribution is 6.32. The standard InChI is InChI=1S/C12H8ClF3N2O/c13-11-9(6-19)10(12(15)16)17-18(11)5-7-1-3-8(14)4-2-7/h1-4,6,12H,5H2. The molecule has 0 atom stereocenters. The lowest BCUT2D eigenvalue weighted by Gasteiger charge is -2.03. The number of rotatable bonds is 4. The van der Waals surface area contributed by atoms with Crippen LogP contribution >= 0.6 is 11.6 Å². The Hall–Kier alpha value is -1.82. The smallest absolute Gasteiger partial charge is 0.282 e. The molecule has 2 rings (SSSR count). The molecule has 0 unspecified atom stereocenters. The van der Waals surface area contributed by atoms with Crippen LogP contribution in [0.1, 0.15) is 28.0 Å². The van der Waals surface area contributed by atoms with Gasteiger partial charge in [0.15, 0.2) is 6.29 Å². The van der Waals surface area contributed by atoms with Gasteiger partial charge in [-0.15, -0.1) is 0 Å². The van der Waals surface area contributed by atoms with E-state index in [2.05, 4.69) is 5.10 Å². The van der Waals surface area contributed by atoms with Gasteiger partial charge in [0, 0.05) is 0 Å². The molecule has 0 radical (unpaired) electrons. The monoisotopic (exact) mass is 288 g/mol. The van der Waals surface area contributed by atoms with Gasteiger partial charge in [-0.3, -0.25) is 4.79 Å². The molecule has 2 aromatic rings. The van der Waals surface area contributed by atoms with Crippen molar-refractivity contribution in [3.05, 3.63) is 52.1 Å². The van der Waals surface area contributed by atoms with Crippen molar-refractivity contribution < 1.29 is 18.0 Å². The number of halogens is 4. The Balaban J connectivity index is 2.35. The Morgan fingerprint density at radius 3 is 2.42 bits per heavy atom. The van der Waals surface area contributed by atoms with Crippen LogP contribution in [0.15, 0.2) is 24.3 Å². The molecule has 0 aliphatic heterocycles. The third-order valence-corrected chi connectivity index (χ3v) is 2.92. The molecular weight excluding hydrogens is 281 g/mol. The molecule has 0 saturated carbocycles. The summed E-state index contributed by atoms with van der Waals surface area (Å²) >= 11 is 5.82. The quantitative estimate of drug-likeness (QED) is 0.807. The maximum absolute atomic E-state index is 12.7. The molecule has 0 spiro atoms. The number of benzene rings is 1. The number of aldehydes is 1. The van der Waals surface area contributed by atoms with E-state index in [4.69, 9.17) is 11.6 Å². The zero-order valence-electron chi connectivity index (χ0n) is 9.49. The first-order valence-electron chi connectivity index (χ1n) is 5.27. The fourth-order valence-electron chi connectivity index (χ4n) is 1.61. The molecule has 3 nitrogen and oxygen atoms in total. The summed E-state index contributed by atoms with van der Waals surface area (Å²) in [5.74, 6) is -0.405. The largest absolute Gasteiger partial charge is 0.298 e. The molecule has 1 aromatic heterocycles. The van der Waals surface area contributed by atoms with Gasteiger partial charge in [-0.1, -0.05) is 23.7 Å². The molecule has 7 heteroatoms. The van der Waals surface area contributed by atoms with E-state index < -0.39 is 17.9 Å². The maximum Gasteiger partial charge on any atom is 0.282 e. The van der Waals surface area contributed by atoms with Crippen LogP contribution in [-0.2, 0) is 6.54 Å². The van der Waals surface area contributed by atoms with Crippen molar-refractivity contribution in [1.29, 1.82) is 0 Å². The van der Waals surface area contributed by atoms with Crippen molar-refractivity contribution in [2.45, 2.75) is 13.0 Å². The number of carbonyl (C=O) groups excluding carboxylic acids is 1. The lowest BCUT2D eigenvalue weighted by Crippen LogP contribution is -2.02. The highest BCUT2D eigenvalue weighted by Gasteiger charge is 2.22. The van der Waals surface area contributed by atoms with Gasteiger partial charge in [0.1, 0.15) is 16.7 Å². The minimum Gasteiger partial charge on any atom is -0.298 e. The topological polar surface area (TPSA) is 34.9 Å². The number of alkyl halides is 2. The molecule has 0 saturated heterocycles. The first kappa shape index (κ1) is 13.6. The summed E-state index contributed by atoms with van der Waals surface area (Å²) in [5, 5.41) is 3.45. The molecule has 1 heterocycles. The van der Waals surface area contributed by atoms with E-state index in [0.29, 0.717) is 5.56 Å². The van der Waals surface area contributed by atoms with E-state index in [1.165, 1.54) is 24.3 Å². The third-order valence-electron chi connectivity index (χ3n) is 2.52. The number of hydrogen-bond acceptors (Lipinski definition) is 2. The molecule has 0 aliphatic rings. The van der Waals surface area contributed by atoms with E-state index in [1.54, 1.807) is 0 Å². The molecule has 0 bridgehead atoms. The molecule has 100 valence electrons. The Labute approximate surface area is 111 Å². The van der Waals surface area contributed by atoms with Crippen molar-refractivity contribution in [2.75, 3.05) is 0 Å². The summed E-state index contributed by atoms with van der Waals surface area (Å²) in [6.07, 6.45) is -2.63. The number of aromatic nitrogens is 2. The van der Waals surface area contributed by atoms with Crippen LogP contribution in [0.2, 0.25) is 5.15 Å². The van der Waals surface area contributed by atoms with Crippen LogP contribution in [0.4, 0.5) is 13.2 Å². The van der Waals surface area contributed by atoms with Gasteiger partial charge >= 0.3 is 0 Å². The van der Waals surface area contributed by atoms with Crippen molar-refractivity contribution in [3.63, 3.8) is 0 Å². The van der Waals surface area contributed by atoms with E-state index >= 15 is 0 Å². The molecule has 0 N–H and O–H groups in total. The third kappa shape index (κ3) is 2.78. The number of carbonyl (C=O) groups is 1. The van der Waals surface area contributed by atoms with Crippen LogP contribution in [0.25, 0.3) is 0 Å². The van der Waals surface area contributed by atoms with Gasteiger partial charge in [0.2, 0.25) is 0 Å². The summed E-state index contributed by atoms with van der Waals surface area (Å²) in [4.78, 5) is 10.7. The molecule has 0 aliphatic carbocycles. The van der Waals surface area contributed by atoms with Gasteiger partial charge < -0.3 is 0 Å². The lowest BCUT2D eigenvalue weighted by atomic mass is 10.2. The van der Waals surface area contributed by atoms with Crippen molar-refractivity contribution in [1.82, 2.24) is 9.78 Å². The Morgan fingerprint density at radius 1 is 1.32 bits per heavy atom. The predicted octanol–water partition coefficient (Wildman–Crippen LogP) is 3.47. The first-order chi connectivity index (χ1) is 9.02. The zero-order valence-corrected chi connectivity index (χ0v) is 10.2. The van der Waals surface area contributed by atoms with Crippen LogP contribution in [-0.4, -0.2) is 16.1 Å². The van der Waals surface area contributed by atoms with Gasteiger partial charge in [-0.2, -0.15) is 5.10 Å². The highest BCUT2D eigenvalue weighted by atomic mass is 35.5. The van der Waals surface area contributed by atoms with E-state index in [-0.39, 0.29) is 23.5 Å². The number of hydrogen-bond donors (Lipinski definition) is 0. The summed E-state index contributed by atoms with van der Waals surface area (Å²) in [6, 6.07) is 5.44. The highest BCUT2D eigenvalue weighted by Crippen LogP contribution is 2.27. The van der Waals surface area contributed by atoms with Crippen LogP contribution in [0, 0.1) is 5.82 Å². The second kappa shape index (κ2) is 5.44. The van der Waals surface area contributed by atoms with Crippen molar-refractivity contribution in [3.8, 4) is 0 Å². The van der Waals surface area contributed by atoms with E-state index in [1.807, 2.05) is 0 Å². The van der Waals surface area contributed by atoms with E-state index in [9.17, 15) is 18.0 Å². The fourth-order valence-corrected chi connectivity index (χ4v) is 1.85. The molecule has 0 fully saturated rings. The molecule has 0 amide bonds. The van der Waals surface area contributed by atoms with Crippen molar-refractivity contribution >= 4 is 17.9 Å². The SMILES string of the molecule is O=Cc1c(C(F)F)nn(Cc2ccc(F)cc2)c1Cl. The van der Waals surface area contributed by atoms with Crippen LogP contribution < -0.4 is 0 Å². The Morgan fingerprint density at radius 2 is 1.95 bits per heavy atom. The van der Waals surface area contributed by atoms with Crippen LogP contribution in [0.5, 0.6) is 0 Å². The van der Waals surface area contributed by atoms with Crippen LogP contribution in [0.3, 0.4) is 0 Å². The zero-order chi connectivity index (χ0) is 14.0. The van der Waals surface area contributed by atoms with Crippen molar-refractivity contribution in [2.24, 2.45) is 0 Å². The second-order valence-corrected chi connectivity index (χ2v) is 4.15. The van der Waals surface area contributed by atoms with Gasteiger partial charge in [0.25, 0.3) is 6.43 Å². The fraction of sp³-hybridized carbons (Fsp3) is 0.167. The molecular formula is C12H8ClF3N2O. The second-order valence-electron chi connectivity index (χ2n) is 3.79. The lowest BCUT2D eigenvalue weighted by molar-refractivity contribution is 0.110. The Bertz CT molecular complexity index is 596. The summed E-state index contributed by atoms with van der Waals surface area (Å²) < 4.78 is 39.1. The summed E-state index contributed by atoms with van der Waals surface area (Å²) in [6.45, 7) is 0.0761. The van der Waals surface area contributed by atoms with Gasteiger partial charge in [0.05, 0.1) is 12.1 Å². The van der Waals surface area contributed by atoms with Gasteiger partial charge in [-0.05, 0) is 17.7 Å². The number of nitrogens with zero attached hydrogens (tertiary/aromatic N) is 2. The average molecular weight is 289 g/mol. The molecule has 19 heavy (non-hydrogen) atoms.